The van der Waals surface area contributed by atoms with Gasteiger partial charge in [-0.05, 0) is 48.4 Å². The van der Waals surface area contributed by atoms with E-state index in [1.165, 1.54) is 0 Å². The van der Waals surface area contributed by atoms with Crippen LogP contribution in [0.15, 0.2) is 42.5 Å². The van der Waals surface area contributed by atoms with Gasteiger partial charge in [-0.3, -0.25) is 0 Å². The highest BCUT2D eigenvalue weighted by molar-refractivity contribution is 6.31. The van der Waals surface area contributed by atoms with Gasteiger partial charge in [0.2, 0.25) is 0 Å². The summed E-state index contributed by atoms with van der Waals surface area (Å²) in [5.74, 6) is 0.757. The summed E-state index contributed by atoms with van der Waals surface area (Å²) in [6, 6.07) is 13.1. The molecule has 0 aliphatic heterocycles. The van der Waals surface area contributed by atoms with E-state index in [9.17, 15) is 0 Å². The van der Waals surface area contributed by atoms with Gasteiger partial charge in [0, 0.05) is 16.6 Å². The highest BCUT2D eigenvalue weighted by atomic mass is 35.5. The lowest BCUT2D eigenvalue weighted by molar-refractivity contribution is 0.214. The number of halogens is 2. The molecule has 0 heterocycles. The summed E-state index contributed by atoms with van der Waals surface area (Å²) < 4.78 is 5.90. The normalized spacial score (nSPS) is 12.2. The third kappa shape index (κ3) is 3.63. The van der Waals surface area contributed by atoms with Gasteiger partial charge in [-0.2, -0.15) is 0 Å². The quantitative estimate of drug-likeness (QED) is 0.908. The van der Waals surface area contributed by atoms with Crippen molar-refractivity contribution in [2.45, 2.75) is 13.0 Å². The second-order valence-electron chi connectivity index (χ2n) is 4.30. The molecule has 0 fully saturated rings. The van der Waals surface area contributed by atoms with Crippen LogP contribution in [0.25, 0.3) is 0 Å². The first kappa shape index (κ1) is 14.2. The molecule has 0 bridgehead atoms. The second kappa shape index (κ2) is 6.29. The molecule has 0 saturated carbocycles. The van der Waals surface area contributed by atoms with Crippen LogP contribution in [0.5, 0.6) is 5.75 Å². The molecular formula is C15H15Cl2NO. The summed E-state index contributed by atoms with van der Waals surface area (Å²) >= 11 is 11.9. The third-order valence-corrected chi connectivity index (χ3v) is 3.54. The summed E-state index contributed by atoms with van der Waals surface area (Å²) in [4.78, 5) is 0. The van der Waals surface area contributed by atoms with Gasteiger partial charge in [0.25, 0.3) is 0 Å². The molecule has 0 aromatic heterocycles. The molecule has 2 N–H and O–H groups in total. The Kier molecular flexibility index (Phi) is 4.70. The van der Waals surface area contributed by atoms with Crippen molar-refractivity contribution in [3.8, 4) is 5.75 Å². The summed E-state index contributed by atoms with van der Waals surface area (Å²) in [5.41, 5.74) is 7.75. The maximum atomic E-state index is 5.99. The lowest BCUT2D eigenvalue weighted by Gasteiger charge is -2.18. The Morgan fingerprint density at radius 1 is 1.11 bits per heavy atom. The molecule has 2 rings (SSSR count). The number of aryl methyl sites for hydroxylation is 1. The molecule has 0 amide bonds. The Hall–Kier alpha value is -1.22. The van der Waals surface area contributed by atoms with Gasteiger partial charge in [-0.25, -0.2) is 0 Å². The number of hydrogen-bond acceptors (Lipinski definition) is 2. The van der Waals surface area contributed by atoms with Crippen molar-refractivity contribution in [3.05, 3.63) is 63.6 Å². The van der Waals surface area contributed by atoms with Crippen molar-refractivity contribution in [1.82, 2.24) is 0 Å². The molecule has 2 aromatic rings. The fourth-order valence-electron chi connectivity index (χ4n) is 1.78. The molecule has 19 heavy (non-hydrogen) atoms. The largest absolute Gasteiger partial charge is 0.484 e. The average Bonchev–Trinajstić information content (AvgIpc) is 2.41. The van der Waals surface area contributed by atoms with Crippen molar-refractivity contribution in [2.75, 3.05) is 6.54 Å². The van der Waals surface area contributed by atoms with E-state index in [0.29, 0.717) is 11.6 Å². The van der Waals surface area contributed by atoms with E-state index >= 15 is 0 Å². The Labute approximate surface area is 123 Å². The third-order valence-electron chi connectivity index (χ3n) is 2.86. The first-order valence-electron chi connectivity index (χ1n) is 5.98. The smallest absolute Gasteiger partial charge is 0.136 e. The molecule has 0 aliphatic rings. The Bertz CT molecular complexity index is 555. The summed E-state index contributed by atoms with van der Waals surface area (Å²) in [7, 11) is 0. The van der Waals surface area contributed by atoms with E-state index in [1.807, 2.05) is 49.4 Å². The minimum absolute atomic E-state index is 0.196. The van der Waals surface area contributed by atoms with Crippen LogP contribution < -0.4 is 10.5 Å². The summed E-state index contributed by atoms with van der Waals surface area (Å²) in [5, 5.41) is 1.42. The van der Waals surface area contributed by atoms with Crippen LogP contribution in [-0.2, 0) is 0 Å². The van der Waals surface area contributed by atoms with E-state index in [0.717, 1.165) is 21.9 Å². The molecule has 2 aromatic carbocycles. The van der Waals surface area contributed by atoms with Crippen molar-refractivity contribution in [3.63, 3.8) is 0 Å². The van der Waals surface area contributed by atoms with Crippen LogP contribution in [0.3, 0.4) is 0 Å². The van der Waals surface area contributed by atoms with E-state index in [2.05, 4.69) is 0 Å². The predicted octanol–water partition coefficient (Wildman–Crippen LogP) is 4.38. The van der Waals surface area contributed by atoms with Crippen LogP contribution in [0.4, 0.5) is 0 Å². The molecule has 0 spiro atoms. The van der Waals surface area contributed by atoms with Gasteiger partial charge in [-0.1, -0.05) is 35.3 Å². The van der Waals surface area contributed by atoms with E-state index < -0.39 is 0 Å². The zero-order chi connectivity index (χ0) is 13.8. The first-order valence-corrected chi connectivity index (χ1v) is 6.74. The summed E-state index contributed by atoms with van der Waals surface area (Å²) in [6.07, 6.45) is -0.196. The molecule has 0 aliphatic carbocycles. The fourth-order valence-corrected chi connectivity index (χ4v) is 2.03. The molecule has 4 heteroatoms. The van der Waals surface area contributed by atoms with Gasteiger partial charge in [0.05, 0.1) is 0 Å². The van der Waals surface area contributed by atoms with E-state index in [4.69, 9.17) is 33.7 Å². The van der Waals surface area contributed by atoms with Crippen LogP contribution in [0, 0.1) is 6.92 Å². The van der Waals surface area contributed by atoms with Crippen molar-refractivity contribution in [1.29, 1.82) is 0 Å². The molecule has 0 saturated heterocycles. The fraction of sp³-hybridized carbons (Fsp3) is 0.200. The Balaban J connectivity index is 2.18. The summed E-state index contributed by atoms with van der Waals surface area (Å²) in [6.45, 7) is 2.33. The lowest BCUT2D eigenvalue weighted by atomic mass is 10.1. The van der Waals surface area contributed by atoms with Gasteiger partial charge in [0.1, 0.15) is 11.9 Å². The topological polar surface area (TPSA) is 35.2 Å². The van der Waals surface area contributed by atoms with Crippen molar-refractivity contribution < 1.29 is 4.74 Å². The maximum absolute atomic E-state index is 5.99. The highest BCUT2D eigenvalue weighted by Gasteiger charge is 2.12. The number of ether oxygens (including phenoxy) is 1. The number of hydrogen-bond donors (Lipinski definition) is 1. The van der Waals surface area contributed by atoms with Gasteiger partial charge >= 0.3 is 0 Å². The first-order chi connectivity index (χ1) is 9.10. The van der Waals surface area contributed by atoms with E-state index in [1.54, 1.807) is 0 Å². The van der Waals surface area contributed by atoms with Crippen LogP contribution in [0.1, 0.15) is 17.2 Å². The van der Waals surface area contributed by atoms with Crippen molar-refractivity contribution >= 4 is 23.2 Å². The molecule has 1 atom stereocenters. The van der Waals surface area contributed by atoms with Crippen molar-refractivity contribution in [2.24, 2.45) is 5.73 Å². The van der Waals surface area contributed by atoms with Gasteiger partial charge in [-0.15, -0.1) is 0 Å². The molecule has 2 nitrogen and oxygen atoms in total. The highest BCUT2D eigenvalue weighted by Crippen LogP contribution is 2.26. The molecule has 100 valence electrons. The van der Waals surface area contributed by atoms with Crippen LogP contribution in [-0.4, -0.2) is 6.54 Å². The van der Waals surface area contributed by atoms with E-state index in [-0.39, 0.29) is 6.10 Å². The standard InChI is InChI=1S/C15H15Cl2NO/c1-10-8-13(6-7-14(10)17)19-15(9-18)11-2-4-12(16)5-3-11/h2-8,15H,9,18H2,1H3. The second-order valence-corrected chi connectivity index (χ2v) is 5.15. The SMILES string of the molecule is Cc1cc(OC(CN)c2ccc(Cl)cc2)ccc1Cl. The number of benzene rings is 2. The minimum Gasteiger partial charge on any atom is -0.484 e. The minimum atomic E-state index is -0.196. The number of rotatable bonds is 4. The monoisotopic (exact) mass is 295 g/mol. The molecule has 1 unspecified atom stereocenters. The zero-order valence-electron chi connectivity index (χ0n) is 10.6. The zero-order valence-corrected chi connectivity index (χ0v) is 12.1. The predicted molar refractivity (Wildman–Crippen MR) is 80.1 cm³/mol. The lowest BCUT2D eigenvalue weighted by Crippen LogP contribution is -2.18. The Morgan fingerprint density at radius 3 is 2.37 bits per heavy atom. The Morgan fingerprint density at radius 2 is 1.79 bits per heavy atom. The van der Waals surface area contributed by atoms with Gasteiger partial charge in [0.15, 0.2) is 0 Å². The van der Waals surface area contributed by atoms with Crippen LogP contribution >= 0.6 is 23.2 Å². The average molecular weight is 296 g/mol. The number of nitrogens with two attached hydrogens (primary N) is 1. The van der Waals surface area contributed by atoms with Gasteiger partial charge < -0.3 is 10.5 Å². The molecular weight excluding hydrogens is 281 g/mol. The van der Waals surface area contributed by atoms with Crippen LogP contribution in [0.2, 0.25) is 10.0 Å². The maximum Gasteiger partial charge on any atom is 0.136 e. The molecule has 0 radical (unpaired) electrons.